The van der Waals surface area contributed by atoms with Crippen molar-refractivity contribution in [2.45, 2.75) is 0 Å². The number of pyridine rings is 1. The number of nitrogens with zero attached hydrogens (tertiary/aromatic N) is 1. The molecule has 0 fully saturated rings. The maximum atomic E-state index is 11.2. The van der Waals surface area contributed by atoms with Crippen LogP contribution in [0.25, 0.3) is 11.1 Å². The highest BCUT2D eigenvalue weighted by Gasteiger charge is 2.13. The summed E-state index contributed by atoms with van der Waals surface area (Å²) in [6.07, 6.45) is 1.28. The molecule has 0 amide bonds. The first kappa shape index (κ1) is 15.1. The third kappa shape index (κ3) is 3.49. The van der Waals surface area contributed by atoms with E-state index in [1.807, 2.05) is 18.2 Å². The molecule has 0 aliphatic heterocycles. The van der Waals surface area contributed by atoms with Crippen molar-refractivity contribution in [2.24, 2.45) is 0 Å². The fourth-order valence-corrected chi connectivity index (χ4v) is 2.21. The van der Waals surface area contributed by atoms with Gasteiger partial charge in [0, 0.05) is 16.8 Å². The summed E-state index contributed by atoms with van der Waals surface area (Å²) < 4.78 is 5.79. The van der Waals surface area contributed by atoms with E-state index in [9.17, 15) is 9.90 Å². The molecule has 0 unspecified atom stereocenters. The first-order valence-corrected chi connectivity index (χ1v) is 7.23. The molecular formula is C18H12ClNO3. The van der Waals surface area contributed by atoms with Gasteiger partial charge in [0.15, 0.2) is 0 Å². The number of aromatic nitrogens is 1. The van der Waals surface area contributed by atoms with Gasteiger partial charge in [-0.1, -0.05) is 41.9 Å². The molecule has 0 aliphatic rings. The van der Waals surface area contributed by atoms with Crippen LogP contribution in [0.3, 0.4) is 0 Å². The molecule has 0 atom stereocenters. The lowest BCUT2D eigenvalue weighted by atomic mass is 10.1. The Hall–Kier alpha value is -2.85. The molecule has 0 aliphatic carbocycles. The highest BCUT2D eigenvalue weighted by atomic mass is 35.5. The molecule has 1 N–H and O–H groups in total. The Morgan fingerprint density at radius 2 is 1.74 bits per heavy atom. The van der Waals surface area contributed by atoms with Crippen molar-refractivity contribution in [2.75, 3.05) is 0 Å². The number of carbonyl (C=O) groups is 1. The van der Waals surface area contributed by atoms with Crippen molar-refractivity contribution in [1.82, 2.24) is 4.98 Å². The molecule has 3 rings (SSSR count). The summed E-state index contributed by atoms with van der Waals surface area (Å²) >= 11 is 5.91. The smallest absolute Gasteiger partial charge is 0.337 e. The van der Waals surface area contributed by atoms with Crippen LogP contribution in [-0.4, -0.2) is 16.1 Å². The van der Waals surface area contributed by atoms with Crippen molar-refractivity contribution in [3.8, 4) is 22.8 Å². The largest absolute Gasteiger partial charge is 0.478 e. The molecule has 5 heteroatoms. The number of ether oxygens (including phenoxy) is 1. The third-order valence-corrected chi connectivity index (χ3v) is 3.46. The maximum Gasteiger partial charge on any atom is 0.337 e. The van der Waals surface area contributed by atoms with Gasteiger partial charge in [-0.3, -0.25) is 0 Å². The van der Waals surface area contributed by atoms with Crippen molar-refractivity contribution in [3.63, 3.8) is 0 Å². The number of halogens is 1. The molecule has 0 spiro atoms. The highest BCUT2D eigenvalue weighted by Crippen LogP contribution is 2.32. The number of hydrogen-bond donors (Lipinski definition) is 1. The quantitative estimate of drug-likeness (QED) is 0.741. The molecule has 0 bridgehead atoms. The van der Waals surface area contributed by atoms with Gasteiger partial charge in [-0.05, 0) is 35.9 Å². The lowest BCUT2D eigenvalue weighted by Crippen LogP contribution is -2.00. The zero-order valence-corrected chi connectivity index (χ0v) is 12.7. The van der Waals surface area contributed by atoms with E-state index in [1.165, 1.54) is 12.3 Å². The summed E-state index contributed by atoms with van der Waals surface area (Å²) in [5.41, 5.74) is 1.46. The van der Waals surface area contributed by atoms with Crippen molar-refractivity contribution < 1.29 is 14.6 Å². The predicted octanol–water partition coefficient (Wildman–Crippen LogP) is 4.89. The normalized spacial score (nSPS) is 10.3. The second-order valence-electron chi connectivity index (χ2n) is 4.80. The van der Waals surface area contributed by atoms with Crippen molar-refractivity contribution in [1.29, 1.82) is 0 Å². The number of aromatic carboxylic acids is 1. The first-order chi connectivity index (χ1) is 11.1. The van der Waals surface area contributed by atoms with Gasteiger partial charge in [-0.2, -0.15) is 0 Å². The molecule has 0 saturated carbocycles. The van der Waals surface area contributed by atoms with Gasteiger partial charge in [0.2, 0.25) is 5.88 Å². The number of carboxylic acid groups (broad SMARTS) is 1. The second kappa shape index (κ2) is 6.50. The summed E-state index contributed by atoms with van der Waals surface area (Å²) in [6.45, 7) is 0. The topological polar surface area (TPSA) is 59.4 Å². The van der Waals surface area contributed by atoms with Crippen LogP contribution in [0.5, 0.6) is 11.6 Å². The van der Waals surface area contributed by atoms with Gasteiger partial charge >= 0.3 is 5.97 Å². The zero-order valence-electron chi connectivity index (χ0n) is 11.9. The maximum absolute atomic E-state index is 11.2. The third-order valence-electron chi connectivity index (χ3n) is 3.21. The Labute approximate surface area is 138 Å². The predicted molar refractivity (Wildman–Crippen MR) is 88.2 cm³/mol. The lowest BCUT2D eigenvalue weighted by Gasteiger charge is -2.11. The van der Waals surface area contributed by atoms with E-state index >= 15 is 0 Å². The minimum Gasteiger partial charge on any atom is -0.478 e. The number of carboxylic acids is 1. The summed E-state index contributed by atoms with van der Waals surface area (Å²) in [6, 6.07) is 17.8. The molecule has 2 aromatic carbocycles. The van der Waals surface area contributed by atoms with Gasteiger partial charge in [-0.15, -0.1) is 0 Å². The van der Waals surface area contributed by atoms with Crippen LogP contribution in [0.15, 0.2) is 66.9 Å². The summed E-state index contributed by atoms with van der Waals surface area (Å²) in [7, 11) is 0. The number of hydrogen-bond acceptors (Lipinski definition) is 3. The average Bonchev–Trinajstić information content (AvgIpc) is 2.57. The zero-order chi connectivity index (χ0) is 16.2. The molecular weight excluding hydrogens is 314 g/mol. The van der Waals surface area contributed by atoms with Crippen LogP contribution >= 0.6 is 11.6 Å². The fraction of sp³-hybridized carbons (Fsp3) is 0. The number of benzene rings is 2. The van der Waals surface area contributed by atoms with Crippen LogP contribution < -0.4 is 4.74 Å². The van der Waals surface area contributed by atoms with E-state index in [0.29, 0.717) is 22.2 Å². The Morgan fingerprint density at radius 1 is 1.04 bits per heavy atom. The Bertz CT molecular complexity index is 833. The molecule has 0 radical (unpaired) electrons. The monoisotopic (exact) mass is 325 g/mol. The lowest BCUT2D eigenvalue weighted by molar-refractivity contribution is 0.0696. The SMILES string of the molecule is O=C(O)c1cnc(Oc2ccccc2)c(-c2ccc(Cl)cc2)c1. The fourth-order valence-electron chi connectivity index (χ4n) is 2.09. The number of rotatable bonds is 4. The van der Waals surface area contributed by atoms with Crippen LogP contribution in [0.2, 0.25) is 5.02 Å². The van der Waals surface area contributed by atoms with Gasteiger partial charge < -0.3 is 9.84 Å². The van der Waals surface area contributed by atoms with E-state index in [0.717, 1.165) is 5.56 Å². The van der Waals surface area contributed by atoms with E-state index in [4.69, 9.17) is 16.3 Å². The Kier molecular flexibility index (Phi) is 4.26. The van der Waals surface area contributed by atoms with Crippen molar-refractivity contribution in [3.05, 3.63) is 77.4 Å². The van der Waals surface area contributed by atoms with E-state index in [-0.39, 0.29) is 5.56 Å². The minimum absolute atomic E-state index is 0.0929. The van der Waals surface area contributed by atoms with Crippen LogP contribution in [0.4, 0.5) is 0 Å². The van der Waals surface area contributed by atoms with Gasteiger partial charge in [0.05, 0.1) is 5.56 Å². The molecule has 1 aromatic heterocycles. The summed E-state index contributed by atoms with van der Waals surface area (Å²) in [5, 5.41) is 9.78. The van der Waals surface area contributed by atoms with Crippen LogP contribution in [-0.2, 0) is 0 Å². The van der Waals surface area contributed by atoms with E-state index in [2.05, 4.69) is 4.98 Å². The van der Waals surface area contributed by atoms with Gasteiger partial charge in [-0.25, -0.2) is 9.78 Å². The van der Waals surface area contributed by atoms with Crippen molar-refractivity contribution >= 4 is 17.6 Å². The highest BCUT2D eigenvalue weighted by molar-refractivity contribution is 6.30. The number of para-hydroxylation sites is 1. The van der Waals surface area contributed by atoms with Crippen LogP contribution in [0, 0.1) is 0 Å². The molecule has 1 heterocycles. The molecule has 0 saturated heterocycles. The molecule has 114 valence electrons. The molecule has 4 nitrogen and oxygen atoms in total. The average molecular weight is 326 g/mol. The summed E-state index contributed by atoms with van der Waals surface area (Å²) in [4.78, 5) is 15.4. The van der Waals surface area contributed by atoms with Crippen LogP contribution in [0.1, 0.15) is 10.4 Å². The second-order valence-corrected chi connectivity index (χ2v) is 5.24. The van der Waals surface area contributed by atoms with E-state index in [1.54, 1.807) is 36.4 Å². The Morgan fingerprint density at radius 3 is 2.39 bits per heavy atom. The van der Waals surface area contributed by atoms with Gasteiger partial charge in [0.25, 0.3) is 0 Å². The first-order valence-electron chi connectivity index (χ1n) is 6.85. The molecule has 3 aromatic rings. The standard InChI is InChI=1S/C18H12ClNO3/c19-14-8-6-12(7-9-14)16-10-13(18(21)22)11-20-17(16)23-15-4-2-1-3-5-15/h1-11H,(H,21,22). The Balaban J connectivity index is 2.07. The minimum atomic E-state index is -1.04. The molecule has 23 heavy (non-hydrogen) atoms. The van der Waals surface area contributed by atoms with Gasteiger partial charge in [0.1, 0.15) is 5.75 Å². The van der Waals surface area contributed by atoms with E-state index < -0.39 is 5.97 Å². The summed E-state index contributed by atoms with van der Waals surface area (Å²) in [5.74, 6) is -0.0826.